The number of nitrogens with one attached hydrogen (secondary N) is 1. The first-order valence-corrected chi connectivity index (χ1v) is 5.31. The normalized spacial score (nSPS) is 9.61. The molecule has 0 aliphatic heterocycles. The second-order valence-corrected chi connectivity index (χ2v) is 3.44. The third-order valence-electron chi connectivity index (χ3n) is 2.15. The van der Waals surface area contributed by atoms with Crippen molar-refractivity contribution in [2.75, 3.05) is 12.4 Å². The van der Waals surface area contributed by atoms with Crippen LogP contribution in [0, 0.1) is 0 Å². The highest BCUT2D eigenvalue weighted by Gasteiger charge is 2.05. The lowest BCUT2D eigenvalue weighted by Crippen LogP contribution is -2.16. The number of hydrogen-bond donors (Lipinski definition) is 1. The molecule has 0 radical (unpaired) electrons. The Balaban J connectivity index is 1.99. The van der Waals surface area contributed by atoms with E-state index in [0.717, 1.165) is 0 Å². The van der Waals surface area contributed by atoms with Gasteiger partial charge in [-0.25, -0.2) is 4.79 Å². The summed E-state index contributed by atoms with van der Waals surface area (Å²) in [4.78, 5) is 15.5. The van der Waals surface area contributed by atoms with Crippen LogP contribution in [0.25, 0.3) is 0 Å². The van der Waals surface area contributed by atoms with E-state index >= 15 is 0 Å². The molecule has 0 saturated heterocycles. The predicted molar refractivity (Wildman–Crippen MR) is 66.9 cm³/mol. The van der Waals surface area contributed by atoms with E-state index in [1.54, 1.807) is 36.5 Å². The minimum absolute atomic E-state index is 0.478. The van der Waals surface area contributed by atoms with E-state index in [4.69, 9.17) is 9.47 Å². The Labute approximate surface area is 104 Å². The maximum absolute atomic E-state index is 11.6. The molecule has 1 N–H and O–H groups in total. The molecular weight excluding hydrogens is 232 g/mol. The van der Waals surface area contributed by atoms with Crippen molar-refractivity contribution in [1.82, 2.24) is 4.98 Å². The van der Waals surface area contributed by atoms with Crippen molar-refractivity contribution in [2.24, 2.45) is 0 Å². The molecule has 0 spiro atoms. The minimum atomic E-state index is -0.573. The van der Waals surface area contributed by atoms with Crippen molar-refractivity contribution in [3.05, 3.63) is 48.8 Å². The highest BCUT2D eigenvalue weighted by atomic mass is 16.6. The van der Waals surface area contributed by atoms with Crippen molar-refractivity contribution in [3.63, 3.8) is 0 Å². The topological polar surface area (TPSA) is 60.5 Å². The zero-order valence-corrected chi connectivity index (χ0v) is 9.79. The van der Waals surface area contributed by atoms with Gasteiger partial charge in [0.05, 0.1) is 25.2 Å². The highest BCUT2D eigenvalue weighted by molar-refractivity contribution is 5.86. The summed E-state index contributed by atoms with van der Waals surface area (Å²) in [5, 5.41) is 2.56. The summed E-state index contributed by atoms with van der Waals surface area (Å²) in [6.45, 7) is 0. The van der Waals surface area contributed by atoms with Gasteiger partial charge in [0.15, 0.2) is 0 Å². The van der Waals surface area contributed by atoms with Crippen molar-refractivity contribution < 1.29 is 14.3 Å². The van der Waals surface area contributed by atoms with E-state index in [0.29, 0.717) is 17.2 Å². The lowest BCUT2D eigenvalue weighted by molar-refractivity contribution is 0.215. The third kappa shape index (κ3) is 3.21. The van der Waals surface area contributed by atoms with Crippen molar-refractivity contribution in [2.45, 2.75) is 0 Å². The largest absolute Gasteiger partial charge is 0.495 e. The van der Waals surface area contributed by atoms with Gasteiger partial charge in [-0.2, -0.15) is 0 Å². The molecule has 0 saturated carbocycles. The molecule has 1 heterocycles. The van der Waals surface area contributed by atoms with Gasteiger partial charge in [0, 0.05) is 6.07 Å². The molecule has 1 aromatic carbocycles. The fourth-order valence-electron chi connectivity index (χ4n) is 1.34. The van der Waals surface area contributed by atoms with Crippen LogP contribution >= 0.6 is 0 Å². The third-order valence-corrected chi connectivity index (χ3v) is 2.15. The van der Waals surface area contributed by atoms with Crippen molar-refractivity contribution in [1.29, 1.82) is 0 Å². The first kappa shape index (κ1) is 11.9. The summed E-state index contributed by atoms with van der Waals surface area (Å²) in [6, 6.07) is 10.5. The molecule has 92 valence electrons. The fourth-order valence-corrected chi connectivity index (χ4v) is 1.34. The second kappa shape index (κ2) is 5.67. The fraction of sp³-hybridized carbons (Fsp3) is 0.0769. The number of ether oxygens (including phenoxy) is 2. The minimum Gasteiger partial charge on any atom is -0.495 e. The number of methoxy groups -OCH3 is 1. The van der Waals surface area contributed by atoms with Gasteiger partial charge in [-0.05, 0) is 12.1 Å². The van der Waals surface area contributed by atoms with Gasteiger partial charge in [0.25, 0.3) is 0 Å². The van der Waals surface area contributed by atoms with E-state index < -0.39 is 6.09 Å². The monoisotopic (exact) mass is 244 g/mol. The quantitative estimate of drug-likeness (QED) is 0.901. The number of rotatable bonds is 3. The Morgan fingerprint density at radius 3 is 2.67 bits per heavy atom. The molecule has 0 aliphatic carbocycles. The average Bonchev–Trinajstić information content (AvgIpc) is 2.40. The number of aromatic nitrogens is 1. The predicted octanol–water partition coefficient (Wildman–Crippen LogP) is 2.70. The van der Waals surface area contributed by atoms with Crippen LogP contribution < -0.4 is 14.8 Å². The van der Waals surface area contributed by atoms with Crippen LogP contribution in [0.4, 0.5) is 10.5 Å². The lowest BCUT2D eigenvalue weighted by Gasteiger charge is -2.07. The van der Waals surface area contributed by atoms with Crippen LogP contribution in [0.3, 0.4) is 0 Å². The van der Waals surface area contributed by atoms with Gasteiger partial charge >= 0.3 is 6.09 Å². The Bertz CT molecular complexity index is 529. The van der Waals surface area contributed by atoms with Crippen LogP contribution in [0.1, 0.15) is 0 Å². The Morgan fingerprint density at radius 1 is 1.17 bits per heavy atom. The van der Waals surface area contributed by atoms with Gasteiger partial charge in [-0.3, -0.25) is 10.3 Å². The first-order chi connectivity index (χ1) is 8.78. The number of benzene rings is 1. The van der Waals surface area contributed by atoms with Gasteiger partial charge in [0.1, 0.15) is 11.5 Å². The Hall–Kier alpha value is -2.56. The number of carbonyl (C=O) groups is 1. The lowest BCUT2D eigenvalue weighted by atomic mass is 10.3. The second-order valence-electron chi connectivity index (χ2n) is 3.44. The number of nitrogens with zero attached hydrogens (tertiary/aromatic N) is 1. The van der Waals surface area contributed by atoms with E-state index in [1.165, 1.54) is 13.3 Å². The van der Waals surface area contributed by atoms with E-state index in [9.17, 15) is 4.79 Å². The number of pyridine rings is 1. The number of hydrogen-bond acceptors (Lipinski definition) is 4. The van der Waals surface area contributed by atoms with E-state index in [-0.39, 0.29) is 0 Å². The van der Waals surface area contributed by atoms with Crippen LogP contribution in [-0.2, 0) is 0 Å². The summed E-state index contributed by atoms with van der Waals surface area (Å²) in [7, 11) is 1.53. The SMILES string of the molecule is COc1cncc(NC(=O)Oc2ccccc2)c1. The van der Waals surface area contributed by atoms with Crippen molar-refractivity contribution in [3.8, 4) is 11.5 Å². The van der Waals surface area contributed by atoms with E-state index in [2.05, 4.69) is 10.3 Å². The first-order valence-electron chi connectivity index (χ1n) is 5.31. The smallest absolute Gasteiger partial charge is 0.417 e. The summed E-state index contributed by atoms with van der Waals surface area (Å²) in [5.41, 5.74) is 0.510. The van der Waals surface area contributed by atoms with Gasteiger partial charge in [0.2, 0.25) is 0 Å². The summed E-state index contributed by atoms with van der Waals surface area (Å²) in [5.74, 6) is 1.04. The number of amides is 1. The molecule has 0 unspecified atom stereocenters. The molecular formula is C13H12N2O3. The van der Waals surface area contributed by atoms with Crippen LogP contribution in [0.5, 0.6) is 11.5 Å². The van der Waals surface area contributed by atoms with Gasteiger partial charge < -0.3 is 9.47 Å². The molecule has 1 aromatic heterocycles. The molecule has 0 atom stereocenters. The van der Waals surface area contributed by atoms with Gasteiger partial charge in [-0.1, -0.05) is 18.2 Å². The van der Waals surface area contributed by atoms with Gasteiger partial charge in [-0.15, -0.1) is 0 Å². The maximum atomic E-state index is 11.6. The summed E-state index contributed by atoms with van der Waals surface area (Å²) >= 11 is 0. The summed E-state index contributed by atoms with van der Waals surface area (Å²) < 4.78 is 10.1. The molecule has 0 aliphatic rings. The molecule has 0 fully saturated rings. The number of anilines is 1. The zero-order valence-electron chi connectivity index (χ0n) is 9.79. The zero-order chi connectivity index (χ0) is 12.8. The molecule has 18 heavy (non-hydrogen) atoms. The van der Waals surface area contributed by atoms with Crippen LogP contribution in [0.15, 0.2) is 48.8 Å². The standard InChI is InChI=1S/C13H12N2O3/c1-17-12-7-10(8-14-9-12)15-13(16)18-11-5-3-2-4-6-11/h2-9H,1H3,(H,15,16). The van der Waals surface area contributed by atoms with Crippen LogP contribution in [-0.4, -0.2) is 18.2 Å². The molecule has 0 bridgehead atoms. The van der Waals surface area contributed by atoms with E-state index in [1.807, 2.05) is 6.07 Å². The molecule has 2 aromatic rings. The maximum Gasteiger partial charge on any atom is 0.417 e. The molecule has 1 amide bonds. The summed E-state index contributed by atoms with van der Waals surface area (Å²) in [6.07, 6.45) is 2.49. The molecule has 2 rings (SSSR count). The average molecular weight is 244 g/mol. The highest BCUT2D eigenvalue weighted by Crippen LogP contribution is 2.15. The Morgan fingerprint density at radius 2 is 1.94 bits per heavy atom. The Kier molecular flexibility index (Phi) is 3.76. The molecule has 5 nitrogen and oxygen atoms in total. The van der Waals surface area contributed by atoms with Crippen molar-refractivity contribution >= 4 is 11.8 Å². The number of carbonyl (C=O) groups excluding carboxylic acids is 1. The number of para-hydroxylation sites is 1. The van der Waals surface area contributed by atoms with Crippen LogP contribution in [0.2, 0.25) is 0 Å². The molecule has 5 heteroatoms.